The molecule has 1 aliphatic heterocycles. The van der Waals surface area contributed by atoms with Gasteiger partial charge in [0.05, 0.1) is 11.4 Å². The van der Waals surface area contributed by atoms with Crippen LogP contribution < -0.4 is 5.32 Å². The second-order valence-electron chi connectivity index (χ2n) is 6.40. The van der Waals surface area contributed by atoms with Crippen LogP contribution in [0.5, 0.6) is 0 Å². The van der Waals surface area contributed by atoms with Gasteiger partial charge in [-0.3, -0.25) is 0 Å². The molecular formula is C19H19N5O2S. The lowest BCUT2D eigenvalue weighted by molar-refractivity contribution is 0.260. The van der Waals surface area contributed by atoms with Crippen LogP contribution in [0.4, 0.5) is 11.8 Å². The Balaban J connectivity index is 1.40. The van der Waals surface area contributed by atoms with Crippen LogP contribution in [0, 0.1) is 0 Å². The fourth-order valence-electron chi connectivity index (χ4n) is 2.94. The van der Waals surface area contributed by atoms with Crippen LogP contribution in [-0.4, -0.2) is 40.8 Å². The van der Waals surface area contributed by atoms with Gasteiger partial charge in [-0.2, -0.15) is 0 Å². The zero-order valence-corrected chi connectivity index (χ0v) is 15.4. The monoisotopic (exact) mass is 381 g/mol. The lowest BCUT2D eigenvalue weighted by Crippen LogP contribution is -2.49. The molecule has 0 atom stereocenters. The van der Waals surface area contributed by atoms with Crippen LogP contribution in [0.25, 0.3) is 0 Å². The first kappa shape index (κ1) is 17.6. The molecule has 8 heteroatoms. The highest BCUT2D eigenvalue weighted by Crippen LogP contribution is 2.29. The molecule has 1 aliphatic rings. The minimum absolute atomic E-state index is 0.0246. The largest absolute Gasteiger partial charge is 0.309 e. The zero-order chi connectivity index (χ0) is 18.7. The van der Waals surface area contributed by atoms with E-state index in [0.29, 0.717) is 24.9 Å². The predicted molar refractivity (Wildman–Crippen MR) is 103 cm³/mol. The third-order valence-electron chi connectivity index (χ3n) is 4.43. The van der Waals surface area contributed by atoms with Crippen molar-refractivity contribution in [2.75, 3.05) is 18.4 Å². The van der Waals surface area contributed by atoms with E-state index >= 15 is 0 Å². The van der Waals surface area contributed by atoms with Gasteiger partial charge < -0.3 is 5.32 Å². The number of hydrogen-bond acceptors (Lipinski definition) is 6. The van der Waals surface area contributed by atoms with E-state index in [1.54, 1.807) is 12.4 Å². The summed E-state index contributed by atoms with van der Waals surface area (Å²) in [5.74, 6) is 1.21. The standard InChI is InChI=1S/C19H19N5O2S/c25-27(26,14-15-6-2-1-3-7-15)24-12-16(13-24)17-9-11-21-19(22-17)23-18-8-4-5-10-20-18/h1-11,16H,12-14H2,(H,20,21,22,23). The number of rotatable bonds is 6. The highest BCUT2D eigenvalue weighted by Gasteiger charge is 2.37. The molecule has 1 saturated heterocycles. The maximum Gasteiger partial charge on any atom is 0.228 e. The molecule has 0 saturated carbocycles. The Morgan fingerprint density at radius 2 is 1.74 bits per heavy atom. The first-order valence-corrected chi connectivity index (χ1v) is 10.2. The molecule has 138 valence electrons. The molecule has 0 bridgehead atoms. The van der Waals surface area contributed by atoms with Gasteiger partial charge in [0.2, 0.25) is 16.0 Å². The van der Waals surface area contributed by atoms with E-state index in [-0.39, 0.29) is 11.7 Å². The van der Waals surface area contributed by atoms with Gasteiger partial charge in [-0.15, -0.1) is 0 Å². The summed E-state index contributed by atoms with van der Waals surface area (Å²) in [5, 5.41) is 3.06. The summed E-state index contributed by atoms with van der Waals surface area (Å²) in [7, 11) is -3.31. The van der Waals surface area contributed by atoms with E-state index in [4.69, 9.17) is 0 Å². The molecule has 0 radical (unpaired) electrons. The molecule has 0 amide bonds. The molecule has 3 heterocycles. The Morgan fingerprint density at radius 1 is 0.963 bits per heavy atom. The zero-order valence-electron chi connectivity index (χ0n) is 14.6. The minimum atomic E-state index is -3.31. The van der Waals surface area contributed by atoms with Gasteiger partial charge in [0.15, 0.2) is 0 Å². The summed E-state index contributed by atoms with van der Waals surface area (Å²) in [6.45, 7) is 0.879. The van der Waals surface area contributed by atoms with Gasteiger partial charge >= 0.3 is 0 Å². The van der Waals surface area contributed by atoms with Crippen molar-refractivity contribution in [1.82, 2.24) is 19.3 Å². The van der Waals surface area contributed by atoms with Gasteiger partial charge in [-0.25, -0.2) is 27.7 Å². The summed E-state index contributed by atoms with van der Waals surface area (Å²) < 4.78 is 26.6. The molecule has 3 aromatic rings. The Kier molecular flexibility index (Phi) is 4.83. The molecule has 0 spiro atoms. The number of sulfonamides is 1. The molecule has 0 aliphatic carbocycles. The van der Waals surface area contributed by atoms with Crippen LogP contribution in [0.1, 0.15) is 17.2 Å². The Labute approximate surface area is 158 Å². The third-order valence-corrected chi connectivity index (χ3v) is 6.22. The third kappa shape index (κ3) is 4.12. The van der Waals surface area contributed by atoms with E-state index in [1.165, 1.54) is 4.31 Å². The van der Waals surface area contributed by atoms with E-state index in [1.807, 2.05) is 54.6 Å². The predicted octanol–water partition coefficient (Wildman–Crippen LogP) is 2.54. The van der Waals surface area contributed by atoms with Crippen molar-refractivity contribution in [3.05, 3.63) is 78.2 Å². The average molecular weight is 381 g/mol. The molecule has 0 unspecified atom stereocenters. The summed E-state index contributed by atoms with van der Waals surface area (Å²) in [6.07, 6.45) is 3.36. The fraction of sp³-hybridized carbons (Fsp3) is 0.211. The van der Waals surface area contributed by atoms with Gasteiger partial charge in [-0.1, -0.05) is 36.4 Å². The quantitative estimate of drug-likeness (QED) is 0.706. The Morgan fingerprint density at radius 3 is 2.48 bits per heavy atom. The summed E-state index contributed by atoms with van der Waals surface area (Å²) in [6, 6.07) is 16.6. The summed E-state index contributed by atoms with van der Waals surface area (Å²) in [4.78, 5) is 12.9. The number of anilines is 2. The maximum absolute atomic E-state index is 12.5. The van der Waals surface area contributed by atoms with E-state index in [9.17, 15) is 8.42 Å². The fourth-order valence-corrected chi connectivity index (χ4v) is 4.55. The molecule has 4 rings (SSSR count). The summed E-state index contributed by atoms with van der Waals surface area (Å²) >= 11 is 0. The van der Waals surface area contributed by atoms with Crippen LogP contribution >= 0.6 is 0 Å². The van der Waals surface area contributed by atoms with E-state index in [2.05, 4.69) is 20.3 Å². The van der Waals surface area contributed by atoms with Crippen molar-refractivity contribution in [2.45, 2.75) is 11.7 Å². The number of hydrogen-bond donors (Lipinski definition) is 1. The highest BCUT2D eigenvalue weighted by atomic mass is 32.2. The second-order valence-corrected chi connectivity index (χ2v) is 8.37. The van der Waals surface area contributed by atoms with Crippen LogP contribution in [-0.2, 0) is 15.8 Å². The lowest BCUT2D eigenvalue weighted by Gasteiger charge is -2.37. The number of nitrogens with one attached hydrogen (secondary N) is 1. The van der Waals surface area contributed by atoms with Crippen molar-refractivity contribution in [1.29, 1.82) is 0 Å². The van der Waals surface area contributed by atoms with Crippen molar-refractivity contribution < 1.29 is 8.42 Å². The number of aromatic nitrogens is 3. The molecular weight excluding hydrogens is 362 g/mol. The molecule has 1 fully saturated rings. The molecule has 7 nitrogen and oxygen atoms in total. The van der Waals surface area contributed by atoms with Crippen molar-refractivity contribution in [3.8, 4) is 0 Å². The Hall–Kier alpha value is -2.84. The molecule has 1 N–H and O–H groups in total. The van der Waals surface area contributed by atoms with Crippen LogP contribution in [0.15, 0.2) is 67.0 Å². The van der Waals surface area contributed by atoms with Crippen LogP contribution in [0.2, 0.25) is 0 Å². The smallest absolute Gasteiger partial charge is 0.228 e. The highest BCUT2D eigenvalue weighted by molar-refractivity contribution is 7.88. The molecule has 2 aromatic heterocycles. The van der Waals surface area contributed by atoms with Gasteiger partial charge in [-0.05, 0) is 23.8 Å². The first-order chi connectivity index (χ1) is 13.1. The average Bonchev–Trinajstić information content (AvgIpc) is 2.62. The molecule has 1 aromatic carbocycles. The Bertz CT molecular complexity index is 1010. The normalized spacial score (nSPS) is 15.3. The SMILES string of the molecule is O=S(=O)(Cc1ccccc1)N1CC(c2ccnc(Nc3ccccn3)n2)C1. The van der Waals surface area contributed by atoms with Crippen molar-refractivity contribution in [3.63, 3.8) is 0 Å². The number of benzene rings is 1. The van der Waals surface area contributed by atoms with Crippen LogP contribution in [0.3, 0.4) is 0 Å². The lowest BCUT2D eigenvalue weighted by atomic mass is 9.99. The minimum Gasteiger partial charge on any atom is -0.309 e. The maximum atomic E-state index is 12.5. The molecule has 27 heavy (non-hydrogen) atoms. The van der Waals surface area contributed by atoms with Crippen molar-refractivity contribution >= 4 is 21.8 Å². The topological polar surface area (TPSA) is 88.1 Å². The van der Waals surface area contributed by atoms with Gasteiger partial charge in [0.1, 0.15) is 5.82 Å². The first-order valence-electron chi connectivity index (χ1n) is 8.63. The van der Waals surface area contributed by atoms with Gasteiger partial charge in [0, 0.05) is 31.4 Å². The van der Waals surface area contributed by atoms with Crippen molar-refractivity contribution in [2.24, 2.45) is 0 Å². The number of pyridine rings is 1. The number of nitrogens with zero attached hydrogens (tertiary/aromatic N) is 4. The summed E-state index contributed by atoms with van der Waals surface area (Å²) in [5.41, 5.74) is 1.62. The van der Waals surface area contributed by atoms with E-state index < -0.39 is 10.0 Å². The second kappa shape index (κ2) is 7.42. The van der Waals surface area contributed by atoms with E-state index in [0.717, 1.165) is 11.3 Å². The van der Waals surface area contributed by atoms with Gasteiger partial charge in [0.25, 0.3) is 0 Å².